The lowest BCUT2D eigenvalue weighted by Gasteiger charge is -2.19. The molecule has 16 heteroatoms. The third kappa shape index (κ3) is 12.2. The maximum atomic E-state index is 12.5. The Hall–Kier alpha value is -4.01. The fraction of sp³-hybridized carbons (Fsp3) is 0.250. The number of amides is 5. The van der Waals surface area contributed by atoms with Crippen molar-refractivity contribution in [2.45, 2.75) is 24.9 Å². The van der Waals surface area contributed by atoms with Crippen LogP contribution >= 0.6 is 35.0 Å². The van der Waals surface area contributed by atoms with E-state index in [4.69, 9.17) is 28.3 Å². The van der Waals surface area contributed by atoms with Crippen molar-refractivity contribution < 1.29 is 39.0 Å². The molecule has 40 heavy (non-hydrogen) atoms. The van der Waals surface area contributed by atoms with Crippen LogP contribution in [0.5, 0.6) is 0 Å². The first-order valence-electron chi connectivity index (χ1n) is 11.5. The van der Waals surface area contributed by atoms with Crippen molar-refractivity contribution in [3.05, 3.63) is 58.6 Å². The first-order valence-corrected chi connectivity index (χ1v) is 13.2. The summed E-state index contributed by atoms with van der Waals surface area (Å²) in [5, 5.41) is 30.3. The molecule has 0 aromatic heterocycles. The molecule has 0 fully saturated rings. The average Bonchev–Trinajstić information content (AvgIpc) is 2.90. The Morgan fingerprint density at radius 2 is 1.32 bits per heavy atom. The summed E-state index contributed by atoms with van der Waals surface area (Å²) in [5.41, 5.74) is 0.793. The highest BCUT2D eigenvalue weighted by molar-refractivity contribution is 8.13. The summed E-state index contributed by atoms with van der Waals surface area (Å²) in [6, 6.07) is 8.71. The minimum atomic E-state index is -1.45. The highest BCUT2D eigenvalue weighted by Gasteiger charge is 2.25. The van der Waals surface area contributed by atoms with Crippen molar-refractivity contribution in [2.24, 2.45) is 0 Å². The zero-order valence-corrected chi connectivity index (χ0v) is 22.9. The van der Waals surface area contributed by atoms with Gasteiger partial charge in [-0.25, -0.2) is 9.59 Å². The van der Waals surface area contributed by atoms with Crippen LogP contribution in [0, 0.1) is 0 Å². The maximum Gasteiger partial charge on any atom is 0.326 e. The Bertz CT molecular complexity index is 1230. The van der Waals surface area contributed by atoms with E-state index in [2.05, 4.69) is 26.6 Å². The second-order valence-electron chi connectivity index (χ2n) is 8.00. The third-order valence-electron chi connectivity index (χ3n) is 4.90. The van der Waals surface area contributed by atoms with Gasteiger partial charge in [-0.1, -0.05) is 35.0 Å². The normalized spacial score (nSPS) is 11.8. The number of thioether (sulfide) groups is 1. The van der Waals surface area contributed by atoms with Gasteiger partial charge in [0.1, 0.15) is 18.6 Å². The summed E-state index contributed by atoms with van der Waals surface area (Å²) < 4.78 is 0. The van der Waals surface area contributed by atoms with Crippen LogP contribution in [-0.4, -0.2) is 69.6 Å². The molecule has 0 heterocycles. The van der Waals surface area contributed by atoms with Gasteiger partial charge in [0.15, 0.2) is 0 Å². The molecule has 2 aromatic rings. The van der Waals surface area contributed by atoms with Crippen LogP contribution in [0.1, 0.15) is 12.8 Å². The van der Waals surface area contributed by atoms with Gasteiger partial charge in [-0.05, 0) is 55.0 Å². The van der Waals surface area contributed by atoms with E-state index in [9.17, 15) is 33.9 Å². The number of benzene rings is 2. The molecule has 0 saturated carbocycles. The summed E-state index contributed by atoms with van der Waals surface area (Å²) in [6.07, 6.45) is -0.745. The average molecular weight is 614 g/mol. The SMILES string of the molecule is O=C(O)CNC(=O)C(CSC(=O)Nc1ccc(Cl)cc1)NC(=O)CCC(NC(=O)Nc1ccc(Cl)cc1)C(=O)O. The number of hydrogen-bond donors (Lipinski definition) is 7. The van der Waals surface area contributed by atoms with E-state index in [-0.39, 0.29) is 12.2 Å². The minimum Gasteiger partial charge on any atom is -0.480 e. The fourth-order valence-electron chi connectivity index (χ4n) is 2.97. The number of anilines is 2. The summed E-state index contributed by atoms with van der Waals surface area (Å²) >= 11 is 12.2. The number of nitrogens with one attached hydrogen (secondary N) is 5. The van der Waals surface area contributed by atoms with Crippen LogP contribution in [0.2, 0.25) is 10.0 Å². The number of carboxylic acids is 2. The molecule has 13 nitrogen and oxygen atoms in total. The Kier molecular flexibility index (Phi) is 13.0. The Labute approximate surface area is 242 Å². The molecule has 0 aliphatic rings. The van der Waals surface area contributed by atoms with Gasteiger partial charge in [0, 0.05) is 33.6 Å². The molecule has 2 atom stereocenters. The number of aliphatic carboxylic acids is 2. The number of urea groups is 1. The monoisotopic (exact) mass is 613 g/mol. The third-order valence-corrected chi connectivity index (χ3v) is 6.27. The van der Waals surface area contributed by atoms with E-state index in [1.54, 1.807) is 24.3 Å². The molecule has 0 radical (unpaired) electrons. The first kappa shape index (κ1) is 32.2. The van der Waals surface area contributed by atoms with E-state index >= 15 is 0 Å². The zero-order valence-electron chi connectivity index (χ0n) is 20.6. The smallest absolute Gasteiger partial charge is 0.326 e. The summed E-state index contributed by atoms with van der Waals surface area (Å²) in [6.45, 7) is -0.722. The van der Waals surface area contributed by atoms with Gasteiger partial charge in [-0.3, -0.25) is 19.2 Å². The Morgan fingerprint density at radius 1 is 0.775 bits per heavy atom. The lowest BCUT2D eigenvalue weighted by atomic mass is 10.1. The van der Waals surface area contributed by atoms with Gasteiger partial charge in [-0.15, -0.1) is 0 Å². The van der Waals surface area contributed by atoms with Crippen LogP contribution in [0.3, 0.4) is 0 Å². The molecule has 2 rings (SSSR count). The molecule has 0 spiro atoms. The number of halogens is 2. The van der Waals surface area contributed by atoms with Crippen LogP contribution < -0.4 is 26.6 Å². The van der Waals surface area contributed by atoms with Gasteiger partial charge in [0.2, 0.25) is 11.8 Å². The van der Waals surface area contributed by atoms with E-state index in [1.807, 2.05) is 0 Å². The van der Waals surface area contributed by atoms with Crippen molar-refractivity contribution in [3.63, 3.8) is 0 Å². The Balaban J connectivity index is 1.93. The molecule has 0 bridgehead atoms. The number of rotatable bonds is 13. The van der Waals surface area contributed by atoms with E-state index in [1.165, 1.54) is 24.3 Å². The van der Waals surface area contributed by atoms with Crippen molar-refractivity contribution in [2.75, 3.05) is 22.9 Å². The van der Waals surface area contributed by atoms with Crippen LogP contribution in [0.4, 0.5) is 21.0 Å². The van der Waals surface area contributed by atoms with Gasteiger partial charge in [0.05, 0.1) is 0 Å². The van der Waals surface area contributed by atoms with Crippen molar-refractivity contribution in [1.29, 1.82) is 0 Å². The van der Waals surface area contributed by atoms with Gasteiger partial charge >= 0.3 is 18.0 Å². The highest BCUT2D eigenvalue weighted by atomic mass is 35.5. The summed E-state index contributed by atoms with van der Waals surface area (Å²) in [5.74, 6) is -4.61. The number of carbonyl (C=O) groups is 6. The van der Waals surface area contributed by atoms with Crippen molar-refractivity contribution in [1.82, 2.24) is 16.0 Å². The second-order valence-corrected chi connectivity index (χ2v) is 9.86. The topological polar surface area (TPSA) is 203 Å². The summed E-state index contributed by atoms with van der Waals surface area (Å²) in [7, 11) is 0. The van der Waals surface area contributed by atoms with Crippen LogP contribution in [-0.2, 0) is 19.2 Å². The largest absolute Gasteiger partial charge is 0.480 e. The molecule has 0 saturated heterocycles. The zero-order chi connectivity index (χ0) is 29.7. The quantitative estimate of drug-likeness (QED) is 0.177. The molecule has 0 aliphatic heterocycles. The second kappa shape index (κ2) is 16.2. The van der Waals surface area contributed by atoms with Gasteiger partial charge in [0.25, 0.3) is 5.24 Å². The minimum absolute atomic E-state index is 0.263. The lowest BCUT2D eigenvalue weighted by molar-refractivity contribution is -0.139. The van der Waals surface area contributed by atoms with Gasteiger partial charge in [-0.2, -0.15) is 0 Å². The molecule has 2 aromatic carbocycles. The van der Waals surface area contributed by atoms with Crippen molar-refractivity contribution in [3.8, 4) is 0 Å². The number of carbonyl (C=O) groups excluding carboxylic acids is 4. The van der Waals surface area contributed by atoms with E-state index in [0.29, 0.717) is 33.2 Å². The van der Waals surface area contributed by atoms with Crippen LogP contribution in [0.15, 0.2) is 48.5 Å². The highest BCUT2D eigenvalue weighted by Crippen LogP contribution is 2.16. The molecule has 5 amide bonds. The predicted octanol–water partition coefficient (Wildman–Crippen LogP) is 3.00. The molecule has 7 N–H and O–H groups in total. The van der Waals surface area contributed by atoms with Crippen molar-refractivity contribution >= 4 is 81.4 Å². The molecular formula is C24H25Cl2N5O8S. The molecule has 2 unspecified atom stereocenters. The first-order chi connectivity index (χ1) is 18.9. The molecular weight excluding hydrogens is 589 g/mol. The predicted molar refractivity (Wildman–Crippen MR) is 150 cm³/mol. The summed E-state index contributed by atoms with van der Waals surface area (Å²) in [4.78, 5) is 71.9. The van der Waals surface area contributed by atoms with Crippen LogP contribution in [0.25, 0.3) is 0 Å². The lowest BCUT2D eigenvalue weighted by Crippen LogP contribution is -2.50. The maximum absolute atomic E-state index is 12.5. The number of carboxylic acid groups (broad SMARTS) is 2. The number of hydrogen-bond acceptors (Lipinski definition) is 7. The van der Waals surface area contributed by atoms with Gasteiger partial charge < -0.3 is 36.8 Å². The van der Waals surface area contributed by atoms with E-state index < -0.39 is 60.1 Å². The van der Waals surface area contributed by atoms with E-state index in [0.717, 1.165) is 0 Å². The Morgan fingerprint density at radius 3 is 1.85 bits per heavy atom. The molecule has 0 aliphatic carbocycles. The standard InChI is InChI=1S/C24H25Cl2N5O8S/c25-13-1-5-15(6-2-13)28-23(38)31-17(22(36)37)9-10-19(32)30-18(21(35)27-11-20(33)34)12-40-24(39)29-16-7-3-14(26)4-8-16/h1-8,17-18H,9-12H2,(H,27,35)(H,29,39)(H,30,32)(H,33,34)(H,36,37)(H2,28,31,38). The fourth-order valence-corrected chi connectivity index (χ4v) is 3.97. The molecule has 214 valence electrons.